The second-order valence-corrected chi connectivity index (χ2v) is 8.03. The average Bonchev–Trinajstić information content (AvgIpc) is 2.97. The zero-order valence-corrected chi connectivity index (χ0v) is 17.9. The third-order valence-corrected chi connectivity index (χ3v) is 5.99. The largest absolute Gasteiger partial charge is 0.466 e. The molecule has 164 valence electrons. The number of carbonyl (C=O) groups excluding carboxylic acids is 3. The number of aliphatic hydroxyl groups is 1. The van der Waals surface area contributed by atoms with Gasteiger partial charge in [-0.3, -0.25) is 14.4 Å². The van der Waals surface area contributed by atoms with Crippen molar-refractivity contribution >= 4 is 17.8 Å². The second kappa shape index (κ2) is 11.3. The average molecular weight is 409 g/mol. The first-order valence-electron chi connectivity index (χ1n) is 11.0. The molecule has 0 saturated carbocycles. The quantitative estimate of drug-likeness (QED) is 0.309. The molecule has 0 radical (unpaired) electrons. The van der Waals surface area contributed by atoms with Crippen molar-refractivity contribution < 1.29 is 24.2 Å². The van der Waals surface area contributed by atoms with E-state index in [1.54, 1.807) is 11.8 Å². The van der Waals surface area contributed by atoms with Gasteiger partial charge in [0.1, 0.15) is 6.04 Å². The Morgan fingerprint density at radius 1 is 1.17 bits per heavy atom. The summed E-state index contributed by atoms with van der Waals surface area (Å²) in [6, 6.07) is -0.598. The molecule has 0 spiro atoms. The summed E-state index contributed by atoms with van der Waals surface area (Å²) >= 11 is 0. The molecule has 2 N–H and O–H groups in total. The minimum Gasteiger partial charge on any atom is -0.466 e. The van der Waals surface area contributed by atoms with E-state index in [0.29, 0.717) is 25.9 Å². The van der Waals surface area contributed by atoms with Crippen molar-refractivity contribution in [2.45, 2.75) is 58.9 Å². The van der Waals surface area contributed by atoms with E-state index in [9.17, 15) is 14.4 Å². The molecule has 29 heavy (non-hydrogen) atoms. The fourth-order valence-electron chi connectivity index (χ4n) is 4.49. The molecule has 1 fully saturated rings. The number of nitrogens with one attached hydrogen (secondary N) is 1. The molecule has 2 rings (SSSR count). The number of hydrogen-bond donors (Lipinski definition) is 2. The molecule has 7 heteroatoms. The van der Waals surface area contributed by atoms with Crippen LogP contribution in [0.5, 0.6) is 0 Å². The zero-order valence-electron chi connectivity index (χ0n) is 17.9. The predicted octanol–water partition coefficient (Wildman–Crippen LogP) is 1.89. The molecular weight excluding hydrogens is 372 g/mol. The molecule has 0 unspecified atom stereocenters. The van der Waals surface area contributed by atoms with Gasteiger partial charge in [0, 0.05) is 25.6 Å². The van der Waals surface area contributed by atoms with E-state index in [1.165, 1.54) is 0 Å². The Hall–Kier alpha value is -1.89. The van der Waals surface area contributed by atoms with Gasteiger partial charge < -0.3 is 20.1 Å². The van der Waals surface area contributed by atoms with Gasteiger partial charge in [-0.15, -0.1) is 0 Å². The summed E-state index contributed by atoms with van der Waals surface area (Å²) in [4.78, 5) is 40.7. The van der Waals surface area contributed by atoms with Gasteiger partial charge in [0.25, 0.3) is 0 Å². The summed E-state index contributed by atoms with van der Waals surface area (Å²) in [7, 11) is 0. The van der Waals surface area contributed by atoms with Crippen LogP contribution in [0, 0.1) is 23.7 Å². The van der Waals surface area contributed by atoms with Gasteiger partial charge in [-0.1, -0.05) is 32.4 Å². The van der Waals surface area contributed by atoms with Crippen LogP contribution < -0.4 is 5.32 Å². The van der Waals surface area contributed by atoms with E-state index < -0.39 is 17.9 Å². The van der Waals surface area contributed by atoms with Crippen molar-refractivity contribution in [1.29, 1.82) is 0 Å². The number of esters is 1. The fourth-order valence-corrected chi connectivity index (χ4v) is 4.49. The maximum Gasteiger partial charge on any atom is 0.310 e. The minimum absolute atomic E-state index is 0.114. The topological polar surface area (TPSA) is 95.9 Å². The maximum absolute atomic E-state index is 13.4. The van der Waals surface area contributed by atoms with Crippen LogP contribution in [0.15, 0.2) is 12.2 Å². The SMILES string of the molecule is CCCCNC(=O)[C@@H]1[C@H]2C=C[C@@H](C)[C@@H](C(=O)OCC)[C@H]2C(=O)N1CCCCCO. The van der Waals surface area contributed by atoms with E-state index in [2.05, 4.69) is 12.2 Å². The number of carbonyl (C=O) groups is 3. The molecule has 2 aliphatic rings. The molecule has 0 bridgehead atoms. The van der Waals surface area contributed by atoms with Gasteiger partial charge in [-0.2, -0.15) is 0 Å². The molecule has 0 aromatic carbocycles. The van der Waals surface area contributed by atoms with Crippen LogP contribution in [-0.4, -0.2) is 60.1 Å². The van der Waals surface area contributed by atoms with Crippen molar-refractivity contribution in [1.82, 2.24) is 10.2 Å². The Balaban J connectivity index is 2.27. The standard InChI is InChI=1S/C22H36N2O5/c1-4-6-12-23-20(26)19-16-11-10-15(3)17(22(28)29-5-2)18(16)21(27)24(19)13-8-7-9-14-25/h10-11,15-19,25H,4-9,12-14H2,1-3H3,(H,23,26)/t15-,16+,17-,18+,19+/m1/s1. The minimum atomic E-state index is -0.598. The lowest BCUT2D eigenvalue weighted by molar-refractivity contribution is -0.155. The molecule has 1 saturated heterocycles. The van der Waals surface area contributed by atoms with Crippen LogP contribution in [0.2, 0.25) is 0 Å². The number of allylic oxidation sites excluding steroid dienone is 1. The van der Waals surface area contributed by atoms with Crippen LogP contribution >= 0.6 is 0 Å². The van der Waals surface area contributed by atoms with Crippen LogP contribution in [-0.2, 0) is 19.1 Å². The fraction of sp³-hybridized carbons (Fsp3) is 0.773. The molecule has 1 aliphatic carbocycles. The molecule has 1 aliphatic heterocycles. The second-order valence-electron chi connectivity index (χ2n) is 8.03. The third-order valence-electron chi connectivity index (χ3n) is 5.99. The highest BCUT2D eigenvalue weighted by molar-refractivity contribution is 5.96. The highest BCUT2D eigenvalue weighted by Gasteiger charge is 2.56. The highest BCUT2D eigenvalue weighted by Crippen LogP contribution is 2.44. The van der Waals surface area contributed by atoms with Gasteiger partial charge in [-0.25, -0.2) is 0 Å². The number of ether oxygens (including phenoxy) is 1. The van der Waals surface area contributed by atoms with Crippen LogP contribution in [0.3, 0.4) is 0 Å². The third kappa shape index (κ3) is 5.38. The van der Waals surface area contributed by atoms with E-state index in [-0.39, 0.29) is 42.8 Å². The lowest BCUT2D eigenvalue weighted by atomic mass is 9.70. The molecule has 1 heterocycles. The normalized spacial score (nSPS) is 28.3. The number of rotatable bonds is 11. The molecule has 0 aromatic heterocycles. The Morgan fingerprint density at radius 2 is 1.93 bits per heavy atom. The summed E-state index contributed by atoms with van der Waals surface area (Å²) in [5.41, 5.74) is 0. The van der Waals surface area contributed by atoms with Crippen LogP contribution in [0.1, 0.15) is 52.9 Å². The molecule has 7 nitrogen and oxygen atoms in total. The monoisotopic (exact) mass is 408 g/mol. The van der Waals surface area contributed by atoms with E-state index >= 15 is 0 Å². The summed E-state index contributed by atoms with van der Waals surface area (Å²) in [6.07, 6.45) is 7.92. The van der Waals surface area contributed by atoms with Crippen LogP contribution in [0.4, 0.5) is 0 Å². The van der Waals surface area contributed by atoms with E-state index in [4.69, 9.17) is 9.84 Å². The smallest absolute Gasteiger partial charge is 0.310 e. The first kappa shape index (κ1) is 23.4. The number of unbranched alkanes of at least 4 members (excludes halogenated alkanes) is 3. The van der Waals surface area contributed by atoms with Crippen molar-refractivity contribution in [2.75, 3.05) is 26.3 Å². The summed E-state index contributed by atoms with van der Waals surface area (Å²) < 4.78 is 5.26. The van der Waals surface area contributed by atoms with Gasteiger partial charge in [0.05, 0.1) is 18.4 Å². The Labute approximate surface area is 173 Å². The number of likely N-dealkylation sites (tertiary alicyclic amines) is 1. The molecular formula is C22H36N2O5. The molecule has 2 amide bonds. The van der Waals surface area contributed by atoms with Crippen LogP contribution in [0.25, 0.3) is 0 Å². The van der Waals surface area contributed by atoms with Gasteiger partial charge in [0.15, 0.2) is 0 Å². The number of amides is 2. The van der Waals surface area contributed by atoms with Gasteiger partial charge in [0.2, 0.25) is 11.8 Å². The Morgan fingerprint density at radius 3 is 2.59 bits per heavy atom. The summed E-state index contributed by atoms with van der Waals surface area (Å²) in [6.45, 7) is 7.15. The molecule has 0 aromatic rings. The lowest BCUT2D eigenvalue weighted by Gasteiger charge is -2.32. The Bertz CT molecular complexity index is 606. The van der Waals surface area contributed by atoms with Crippen molar-refractivity contribution in [3.8, 4) is 0 Å². The van der Waals surface area contributed by atoms with E-state index in [0.717, 1.165) is 19.3 Å². The van der Waals surface area contributed by atoms with Crippen molar-refractivity contribution in [2.24, 2.45) is 23.7 Å². The first-order chi connectivity index (χ1) is 14.0. The lowest BCUT2D eigenvalue weighted by Crippen LogP contribution is -2.47. The number of nitrogens with zero attached hydrogens (tertiary/aromatic N) is 1. The summed E-state index contributed by atoms with van der Waals surface area (Å²) in [5.74, 6) is -2.21. The van der Waals surface area contributed by atoms with Gasteiger partial charge >= 0.3 is 5.97 Å². The number of aliphatic hydroxyl groups excluding tert-OH is 1. The molecule has 5 atom stereocenters. The predicted molar refractivity (Wildman–Crippen MR) is 110 cm³/mol. The number of hydrogen-bond acceptors (Lipinski definition) is 5. The summed E-state index contributed by atoms with van der Waals surface area (Å²) in [5, 5.41) is 12.0. The van der Waals surface area contributed by atoms with E-state index in [1.807, 2.05) is 19.1 Å². The zero-order chi connectivity index (χ0) is 21.4. The first-order valence-corrected chi connectivity index (χ1v) is 11.0. The maximum atomic E-state index is 13.4. The highest BCUT2D eigenvalue weighted by atomic mass is 16.5. The van der Waals surface area contributed by atoms with Crippen molar-refractivity contribution in [3.63, 3.8) is 0 Å². The van der Waals surface area contributed by atoms with Gasteiger partial charge in [-0.05, 0) is 38.5 Å². The Kier molecular flexibility index (Phi) is 9.14. The number of fused-ring (bicyclic) bond motifs is 1. The van der Waals surface area contributed by atoms with Crippen molar-refractivity contribution in [3.05, 3.63) is 12.2 Å².